The van der Waals surface area contributed by atoms with E-state index in [0.717, 1.165) is 18.5 Å². The summed E-state index contributed by atoms with van der Waals surface area (Å²) in [5.74, 6) is 0.447. The van der Waals surface area contributed by atoms with E-state index in [2.05, 4.69) is 11.4 Å². The van der Waals surface area contributed by atoms with Gasteiger partial charge in [0.1, 0.15) is 5.84 Å². The first-order valence-electron chi connectivity index (χ1n) is 4.33. The van der Waals surface area contributed by atoms with Gasteiger partial charge in [-0.1, -0.05) is 24.3 Å². The van der Waals surface area contributed by atoms with Gasteiger partial charge < -0.3 is 11.1 Å². The Morgan fingerprint density at radius 1 is 1.46 bits per heavy atom. The number of amidine groups is 1. The summed E-state index contributed by atoms with van der Waals surface area (Å²) in [7, 11) is 0. The molecule has 0 amide bonds. The summed E-state index contributed by atoms with van der Waals surface area (Å²) in [5, 5.41) is 10.6. The number of hydrogen-bond acceptors (Lipinski definition) is 2. The molecule has 0 aromatic heterocycles. The smallest absolute Gasteiger partial charge is 0.125 e. The van der Waals surface area contributed by atoms with Crippen LogP contribution in [-0.2, 0) is 0 Å². The summed E-state index contributed by atoms with van der Waals surface area (Å²) in [6, 6.07) is 10.2. The molecule has 1 aromatic carbocycles. The highest BCUT2D eigenvalue weighted by molar-refractivity contribution is 5.96. The molecule has 0 aliphatic heterocycles. The summed E-state index contributed by atoms with van der Waals surface area (Å²) in [5.41, 5.74) is 6.22. The Morgan fingerprint density at radius 2 is 2.15 bits per heavy atom. The third-order valence-electron chi connectivity index (χ3n) is 1.69. The van der Waals surface area contributed by atoms with Crippen molar-refractivity contribution in [3.63, 3.8) is 0 Å². The zero-order chi connectivity index (χ0) is 9.52. The van der Waals surface area contributed by atoms with Gasteiger partial charge in [-0.25, -0.2) is 0 Å². The number of rotatable bonds is 4. The van der Waals surface area contributed by atoms with E-state index < -0.39 is 0 Å². The lowest BCUT2D eigenvalue weighted by Crippen LogP contribution is -2.25. The Bertz CT molecular complexity index is 256. The first kappa shape index (κ1) is 9.74. The van der Waals surface area contributed by atoms with Gasteiger partial charge >= 0.3 is 0 Å². The summed E-state index contributed by atoms with van der Waals surface area (Å²) < 4.78 is 0. The van der Waals surface area contributed by atoms with E-state index in [9.17, 15) is 0 Å². The molecule has 0 atom stereocenters. The molecular formula is C10H14N3. The molecule has 0 saturated carbocycles. The monoisotopic (exact) mass is 176 g/mol. The highest BCUT2D eigenvalue weighted by atomic mass is 14.9. The van der Waals surface area contributed by atoms with Crippen molar-refractivity contribution in [2.75, 3.05) is 13.1 Å². The summed E-state index contributed by atoms with van der Waals surface area (Å²) in [6.45, 7) is 1.41. The van der Waals surface area contributed by atoms with Gasteiger partial charge in [0.25, 0.3) is 0 Å². The second-order valence-corrected chi connectivity index (χ2v) is 2.73. The third-order valence-corrected chi connectivity index (χ3v) is 1.69. The lowest BCUT2D eigenvalue weighted by molar-refractivity contribution is 0.781. The maximum Gasteiger partial charge on any atom is 0.125 e. The highest BCUT2D eigenvalue weighted by Gasteiger charge is 1.97. The fourth-order valence-electron chi connectivity index (χ4n) is 0.971. The summed E-state index contributed by atoms with van der Waals surface area (Å²) in [4.78, 5) is 0. The van der Waals surface area contributed by atoms with Crippen molar-refractivity contribution in [1.29, 1.82) is 5.41 Å². The van der Waals surface area contributed by atoms with Crippen molar-refractivity contribution in [2.24, 2.45) is 5.73 Å². The van der Waals surface area contributed by atoms with Gasteiger partial charge in [-0.2, -0.15) is 0 Å². The first-order chi connectivity index (χ1) is 6.34. The van der Waals surface area contributed by atoms with E-state index in [0.29, 0.717) is 12.4 Å². The maximum atomic E-state index is 7.64. The van der Waals surface area contributed by atoms with E-state index in [4.69, 9.17) is 11.1 Å². The van der Waals surface area contributed by atoms with Crippen molar-refractivity contribution < 1.29 is 0 Å². The van der Waals surface area contributed by atoms with Gasteiger partial charge in [-0.15, -0.1) is 0 Å². The standard InChI is InChI=1S/C10H14N3/c11-7-4-8-13-10(12)9-5-2-1-3-6-9/h2-3,5-6H,4,7-8,11H2,(H2,12,13). The number of nitrogens with two attached hydrogens (primary N) is 1. The Hall–Kier alpha value is -1.35. The highest BCUT2D eigenvalue weighted by Crippen LogP contribution is 1.96. The SMILES string of the molecule is N=C(NCCCN)c1cc[c]cc1. The van der Waals surface area contributed by atoms with Gasteiger partial charge in [0.05, 0.1) is 0 Å². The molecule has 13 heavy (non-hydrogen) atoms. The molecule has 3 nitrogen and oxygen atoms in total. The van der Waals surface area contributed by atoms with Gasteiger partial charge in [-0.05, 0) is 19.0 Å². The van der Waals surface area contributed by atoms with Crippen LogP contribution in [0.5, 0.6) is 0 Å². The van der Waals surface area contributed by atoms with Crippen LogP contribution in [0.1, 0.15) is 12.0 Å². The average molecular weight is 176 g/mol. The molecule has 0 unspecified atom stereocenters. The Morgan fingerprint density at radius 3 is 2.77 bits per heavy atom. The van der Waals surface area contributed by atoms with Gasteiger partial charge in [0.15, 0.2) is 0 Å². The zero-order valence-electron chi connectivity index (χ0n) is 7.51. The molecule has 1 radical (unpaired) electrons. The minimum Gasteiger partial charge on any atom is -0.370 e. The minimum atomic E-state index is 0.447. The van der Waals surface area contributed by atoms with Gasteiger partial charge in [-0.3, -0.25) is 5.41 Å². The van der Waals surface area contributed by atoms with Crippen LogP contribution in [0.4, 0.5) is 0 Å². The fourth-order valence-corrected chi connectivity index (χ4v) is 0.971. The van der Waals surface area contributed by atoms with Crippen LogP contribution in [-0.4, -0.2) is 18.9 Å². The number of nitrogens with one attached hydrogen (secondary N) is 2. The van der Waals surface area contributed by atoms with Crippen LogP contribution >= 0.6 is 0 Å². The third kappa shape index (κ3) is 3.25. The summed E-state index contributed by atoms with van der Waals surface area (Å²) in [6.07, 6.45) is 0.890. The Kier molecular flexibility index (Phi) is 3.99. The molecule has 3 heteroatoms. The predicted molar refractivity (Wildman–Crippen MR) is 53.8 cm³/mol. The average Bonchev–Trinajstić information content (AvgIpc) is 2.19. The maximum absolute atomic E-state index is 7.64. The van der Waals surface area contributed by atoms with Crippen LogP contribution in [0, 0.1) is 11.5 Å². The van der Waals surface area contributed by atoms with Crippen LogP contribution in [0.25, 0.3) is 0 Å². The van der Waals surface area contributed by atoms with E-state index in [1.807, 2.05) is 12.1 Å². The van der Waals surface area contributed by atoms with Crippen LogP contribution in [0.2, 0.25) is 0 Å². The molecule has 0 spiro atoms. The van der Waals surface area contributed by atoms with Crippen LogP contribution in [0.3, 0.4) is 0 Å². The van der Waals surface area contributed by atoms with Gasteiger partial charge in [0.2, 0.25) is 0 Å². The van der Waals surface area contributed by atoms with Crippen LogP contribution < -0.4 is 11.1 Å². The minimum absolute atomic E-state index is 0.447. The molecule has 4 N–H and O–H groups in total. The fraction of sp³-hybridized carbons (Fsp3) is 0.300. The van der Waals surface area contributed by atoms with Crippen molar-refractivity contribution >= 4 is 5.84 Å². The first-order valence-corrected chi connectivity index (χ1v) is 4.33. The van der Waals surface area contributed by atoms with E-state index in [1.165, 1.54) is 0 Å². The normalized spacial score (nSPS) is 9.62. The molecule has 0 fully saturated rings. The molecule has 1 rings (SSSR count). The Labute approximate surface area is 78.5 Å². The lowest BCUT2D eigenvalue weighted by atomic mass is 10.2. The Balaban J connectivity index is 2.40. The van der Waals surface area contributed by atoms with Crippen molar-refractivity contribution in [2.45, 2.75) is 6.42 Å². The van der Waals surface area contributed by atoms with Crippen molar-refractivity contribution in [1.82, 2.24) is 5.32 Å². The molecule has 0 heterocycles. The molecule has 0 aliphatic rings. The van der Waals surface area contributed by atoms with Gasteiger partial charge in [0, 0.05) is 12.1 Å². The number of hydrogen-bond donors (Lipinski definition) is 3. The second kappa shape index (κ2) is 5.32. The lowest BCUT2D eigenvalue weighted by Gasteiger charge is -2.06. The van der Waals surface area contributed by atoms with E-state index in [1.54, 1.807) is 12.1 Å². The van der Waals surface area contributed by atoms with Crippen LogP contribution in [0.15, 0.2) is 24.3 Å². The second-order valence-electron chi connectivity index (χ2n) is 2.73. The molecular weight excluding hydrogens is 162 g/mol. The molecule has 0 saturated heterocycles. The topological polar surface area (TPSA) is 61.9 Å². The quantitative estimate of drug-likeness (QED) is 0.360. The molecule has 0 aliphatic carbocycles. The largest absolute Gasteiger partial charge is 0.370 e. The van der Waals surface area contributed by atoms with E-state index >= 15 is 0 Å². The predicted octanol–water partition coefficient (Wildman–Crippen LogP) is 0.751. The molecule has 0 bridgehead atoms. The summed E-state index contributed by atoms with van der Waals surface area (Å²) >= 11 is 0. The van der Waals surface area contributed by atoms with Crippen molar-refractivity contribution in [3.8, 4) is 0 Å². The van der Waals surface area contributed by atoms with Crippen molar-refractivity contribution in [3.05, 3.63) is 35.9 Å². The zero-order valence-corrected chi connectivity index (χ0v) is 7.51. The molecule has 1 aromatic rings. The number of benzene rings is 1. The molecule has 69 valence electrons. The van der Waals surface area contributed by atoms with E-state index in [-0.39, 0.29) is 0 Å².